The van der Waals surface area contributed by atoms with Crippen molar-refractivity contribution in [2.24, 2.45) is 10.8 Å². The fraction of sp³-hybridized carbons (Fsp3) is 0.857. The first kappa shape index (κ1) is 34.0. The van der Waals surface area contributed by atoms with Crippen LogP contribution in [0.2, 0.25) is 0 Å². The fourth-order valence-electron chi connectivity index (χ4n) is 5.47. The number of unbranched alkanes of at least 4 members (excludes halogenated alkanes) is 9. The van der Waals surface area contributed by atoms with Crippen molar-refractivity contribution in [3.8, 4) is 0 Å². The van der Waals surface area contributed by atoms with Crippen molar-refractivity contribution in [1.82, 2.24) is 0 Å². The highest BCUT2D eigenvalue weighted by molar-refractivity contribution is 6.09. The number of carbonyl (C=O) groups excluding carboxylic acids is 4. The lowest BCUT2D eigenvalue weighted by molar-refractivity contribution is -0.371. The van der Waals surface area contributed by atoms with Crippen LogP contribution in [0.4, 0.5) is 0 Å². The van der Waals surface area contributed by atoms with Gasteiger partial charge in [-0.2, -0.15) is 0 Å². The van der Waals surface area contributed by atoms with Gasteiger partial charge in [0.05, 0.1) is 17.9 Å². The maximum atomic E-state index is 13.5. The van der Waals surface area contributed by atoms with E-state index in [4.69, 9.17) is 0 Å². The molecule has 2 atom stereocenters. The van der Waals surface area contributed by atoms with Gasteiger partial charge in [-0.3, -0.25) is 4.79 Å². The van der Waals surface area contributed by atoms with E-state index in [1.807, 2.05) is 20.8 Å². The summed E-state index contributed by atoms with van der Waals surface area (Å²) in [6, 6.07) is 0. The maximum Gasteiger partial charge on any atom is 0.147 e. The van der Waals surface area contributed by atoms with Gasteiger partial charge in [-0.05, 0) is 25.7 Å². The zero-order valence-electron chi connectivity index (χ0n) is 22.8. The molecular weight excluding hydrogens is 464 g/mol. The molecule has 0 saturated carbocycles. The number of carboxylic acid groups (broad SMARTS) is 3. The normalized spacial score (nSPS) is 15.1. The lowest BCUT2D eigenvalue weighted by Gasteiger charge is -2.58. The van der Waals surface area contributed by atoms with E-state index in [9.17, 15) is 39.6 Å². The van der Waals surface area contributed by atoms with Gasteiger partial charge >= 0.3 is 0 Å². The largest absolute Gasteiger partial charge is 0.549 e. The average molecular weight is 512 g/mol. The standard InChI is InChI=1S/C28H50O8/c1-5-9-12-15-19-26(23(30)31,20-16-13-10-6-2)28(36,25(34)35)27(24(32)33,22(29)18-8-4)21-17-14-11-7-3/h36H,5-21H2,1-4H3,(H,30,31)(H,32,33)(H,34,35)/p-3. The number of hydrogen-bond donors (Lipinski definition) is 1. The van der Waals surface area contributed by atoms with Crippen LogP contribution < -0.4 is 15.3 Å². The van der Waals surface area contributed by atoms with Gasteiger partial charge in [0.25, 0.3) is 0 Å². The Balaban J connectivity index is 7.13. The van der Waals surface area contributed by atoms with E-state index in [2.05, 4.69) is 0 Å². The molecule has 0 spiro atoms. The van der Waals surface area contributed by atoms with Crippen LogP contribution in [0.25, 0.3) is 0 Å². The first-order valence-corrected chi connectivity index (χ1v) is 13.9. The van der Waals surface area contributed by atoms with Gasteiger partial charge in [0, 0.05) is 11.8 Å². The summed E-state index contributed by atoms with van der Waals surface area (Å²) in [6.07, 6.45) is 5.45. The zero-order valence-corrected chi connectivity index (χ0v) is 22.8. The van der Waals surface area contributed by atoms with Crippen molar-refractivity contribution in [2.45, 2.75) is 142 Å². The van der Waals surface area contributed by atoms with Crippen molar-refractivity contribution in [2.75, 3.05) is 0 Å². The number of aliphatic carboxylic acids is 3. The molecule has 0 aliphatic rings. The minimum Gasteiger partial charge on any atom is -0.549 e. The first-order valence-electron chi connectivity index (χ1n) is 13.9. The van der Waals surface area contributed by atoms with E-state index in [-0.39, 0.29) is 44.9 Å². The van der Waals surface area contributed by atoms with Crippen LogP contribution in [0, 0.1) is 10.8 Å². The highest BCUT2D eigenvalue weighted by Gasteiger charge is 2.66. The molecule has 2 unspecified atom stereocenters. The third kappa shape index (κ3) is 7.53. The molecular formula is C28H47O8-3. The summed E-state index contributed by atoms with van der Waals surface area (Å²) in [5.41, 5.74) is -9.03. The lowest BCUT2D eigenvalue weighted by atomic mass is 9.51. The van der Waals surface area contributed by atoms with E-state index in [0.717, 1.165) is 32.1 Å². The second-order valence-corrected chi connectivity index (χ2v) is 10.2. The Morgan fingerprint density at radius 3 is 1.28 bits per heavy atom. The van der Waals surface area contributed by atoms with E-state index in [0.29, 0.717) is 25.7 Å². The Bertz CT molecular complexity index is 692. The predicted octanol–water partition coefficient (Wildman–Crippen LogP) is 2.22. The zero-order chi connectivity index (χ0) is 27.8. The highest BCUT2D eigenvalue weighted by Crippen LogP contribution is 2.53. The summed E-state index contributed by atoms with van der Waals surface area (Å²) in [4.78, 5) is 51.9. The van der Waals surface area contributed by atoms with Crippen molar-refractivity contribution < 1.29 is 39.6 Å². The number of carbonyl (C=O) groups is 4. The highest BCUT2D eigenvalue weighted by atomic mass is 16.4. The van der Waals surface area contributed by atoms with Crippen molar-refractivity contribution in [3.05, 3.63) is 0 Å². The molecule has 36 heavy (non-hydrogen) atoms. The van der Waals surface area contributed by atoms with Crippen LogP contribution in [-0.4, -0.2) is 34.4 Å². The molecule has 0 aromatic carbocycles. The van der Waals surface area contributed by atoms with Crippen LogP contribution in [0.1, 0.15) is 137 Å². The van der Waals surface area contributed by atoms with Gasteiger partial charge < -0.3 is 34.8 Å². The summed E-state index contributed by atoms with van der Waals surface area (Å²) >= 11 is 0. The summed E-state index contributed by atoms with van der Waals surface area (Å²) in [5.74, 6) is -7.26. The van der Waals surface area contributed by atoms with Crippen molar-refractivity contribution in [3.63, 3.8) is 0 Å². The summed E-state index contributed by atoms with van der Waals surface area (Å²) in [7, 11) is 0. The maximum absolute atomic E-state index is 13.5. The van der Waals surface area contributed by atoms with Gasteiger partial charge in [-0.25, -0.2) is 0 Å². The molecule has 0 fully saturated rings. The predicted molar refractivity (Wildman–Crippen MR) is 131 cm³/mol. The first-order chi connectivity index (χ1) is 17.0. The van der Waals surface area contributed by atoms with E-state index in [1.54, 1.807) is 6.92 Å². The molecule has 0 saturated heterocycles. The van der Waals surface area contributed by atoms with Crippen LogP contribution in [0.5, 0.6) is 0 Å². The van der Waals surface area contributed by atoms with Crippen molar-refractivity contribution in [1.29, 1.82) is 0 Å². The Morgan fingerprint density at radius 1 is 0.556 bits per heavy atom. The minimum absolute atomic E-state index is 0.113. The minimum atomic E-state index is -3.53. The Kier molecular flexibility index (Phi) is 15.8. The molecule has 0 aromatic rings. The molecule has 0 aromatic heterocycles. The van der Waals surface area contributed by atoms with Crippen molar-refractivity contribution >= 4 is 23.7 Å². The summed E-state index contributed by atoms with van der Waals surface area (Å²) in [5, 5.41) is 50.4. The van der Waals surface area contributed by atoms with Gasteiger partial charge in [0.15, 0.2) is 0 Å². The molecule has 0 bridgehead atoms. The monoisotopic (exact) mass is 511 g/mol. The number of ketones is 1. The second kappa shape index (κ2) is 16.7. The Morgan fingerprint density at radius 2 is 0.972 bits per heavy atom. The molecule has 0 aliphatic heterocycles. The number of aliphatic hydroxyl groups is 1. The third-order valence-corrected chi connectivity index (χ3v) is 7.62. The van der Waals surface area contributed by atoms with E-state index >= 15 is 0 Å². The molecule has 210 valence electrons. The molecule has 8 nitrogen and oxygen atoms in total. The van der Waals surface area contributed by atoms with Crippen LogP contribution >= 0.6 is 0 Å². The average Bonchev–Trinajstić information content (AvgIpc) is 2.82. The molecule has 0 aliphatic carbocycles. The van der Waals surface area contributed by atoms with Gasteiger partial charge in [0.2, 0.25) is 0 Å². The molecule has 0 amide bonds. The Hall–Kier alpha value is -1.96. The SMILES string of the molecule is CCCCCCC(CCCCCC)(C(=O)[O-])C(O)(C(=O)[O-])C(CCCCCC)(C(=O)[O-])C(=O)CCC. The smallest absolute Gasteiger partial charge is 0.147 e. The van der Waals surface area contributed by atoms with E-state index < -0.39 is 46.5 Å². The van der Waals surface area contributed by atoms with Gasteiger partial charge in [-0.15, -0.1) is 0 Å². The van der Waals surface area contributed by atoms with E-state index in [1.165, 1.54) is 0 Å². The molecule has 0 rings (SSSR count). The van der Waals surface area contributed by atoms with Crippen LogP contribution in [0.15, 0.2) is 0 Å². The third-order valence-electron chi connectivity index (χ3n) is 7.62. The quantitative estimate of drug-likeness (QED) is 0.161. The number of carboxylic acids is 3. The van der Waals surface area contributed by atoms with Crippen LogP contribution in [-0.2, 0) is 19.2 Å². The molecule has 8 heteroatoms. The van der Waals surface area contributed by atoms with Crippen LogP contribution in [0.3, 0.4) is 0 Å². The Labute approximate surface area is 216 Å². The molecule has 1 N–H and O–H groups in total. The van der Waals surface area contributed by atoms with Gasteiger partial charge in [0.1, 0.15) is 16.8 Å². The molecule has 0 radical (unpaired) electrons. The summed E-state index contributed by atoms with van der Waals surface area (Å²) < 4.78 is 0. The number of hydrogen-bond acceptors (Lipinski definition) is 8. The second-order valence-electron chi connectivity index (χ2n) is 10.2. The molecule has 0 heterocycles. The topological polar surface area (TPSA) is 158 Å². The van der Waals surface area contributed by atoms with Gasteiger partial charge in [-0.1, -0.05) is 105 Å². The fourth-order valence-corrected chi connectivity index (χ4v) is 5.47. The summed E-state index contributed by atoms with van der Waals surface area (Å²) in [6.45, 7) is 7.46. The lowest BCUT2D eigenvalue weighted by Crippen LogP contribution is -2.77. The number of Topliss-reactive ketones (excluding diaryl/α,β-unsaturated/α-hetero) is 1. The number of rotatable bonds is 23.